The summed E-state index contributed by atoms with van der Waals surface area (Å²) >= 11 is 0. The average molecular weight is 251 g/mol. The Labute approximate surface area is 106 Å². The maximum absolute atomic E-state index is 11.3. The number of aliphatic carboxylic acids is 1. The lowest BCUT2D eigenvalue weighted by molar-refractivity contribution is -0.138. The maximum atomic E-state index is 11.3. The van der Waals surface area contributed by atoms with Gasteiger partial charge in [0.25, 0.3) is 0 Å². The van der Waals surface area contributed by atoms with E-state index in [2.05, 4.69) is 4.74 Å². The molecule has 18 heavy (non-hydrogen) atoms. The number of hydrogen-bond acceptors (Lipinski definition) is 4. The lowest BCUT2D eigenvalue weighted by atomic mass is 10.0. The number of rotatable bonds is 6. The number of carbonyl (C=O) groups excluding carboxylic acids is 1. The zero-order chi connectivity index (χ0) is 13.5. The Morgan fingerprint density at radius 1 is 1.44 bits per heavy atom. The van der Waals surface area contributed by atoms with E-state index in [1.807, 2.05) is 6.07 Å². The molecular formula is C13H17NO4. The molecule has 5 nitrogen and oxygen atoms in total. The van der Waals surface area contributed by atoms with Crippen LogP contribution < -0.4 is 5.73 Å². The predicted molar refractivity (Wildman–Crippen MR) is 66.3 cm³/mol. The first-order valence-corrected chi connectivity index (χ1v) is 5.70. The van der Waals surface area contributed by atoms with Crippen LogP contribution in [0.2, 0.25) is 0 Å². The number of nitrogens with two attached hydrogens (primary N) is 1. The molecule has 0 heterocycles. The summed E-state index contributed by atoms with van der Waals surface area (Å²) in [4.78, 5) is 21.9. The van der Waals surface area contributed by atoms with E-state index in [4.69, 9.17) is 10.8 Å². The van der Waals surface area contributed by atoms with Gasteiger partial charge in [-0.1, -0.05) is 12.1 Å². The molecular weight excluding hydrogens is 234 g/mol. The van der Waals surface area contributed by atoms with Gasteiger partial charge in [0, 0.05) is 0 Å². The topological polar surface area (TPSA) is 89.6 Å². The molecule has 0 spiro atoms. The second kappa shape index (κ2) is 6.76. The zero-order valence-corrected chi connectivity index (χ0v) is 10.3. The molecule has 98 valence electrons. The van der Waals surface area contributed by atoms with Crippen molar-refractivity contribution in [1.82, 2.24) is 0 Å². The molecule has 0 saturated heterocycles. The standard InChI is InChI=1S/C13H17NO4/c1-18-13(17)10-6-2-4-9(8-10)5-3-7-11(14)12(15)16/h2,4,6,8,11H,3,5,7,14H2,1H3,(H,15,16)/t11-/m0/s1. The van der Waals surface area contributed by atoms with Gasteiger partial charge in [0.05, 0.1) is 12.7 Å². The highest BCUT2D eigenvalue weighted by Crippen LogP contribution is 2.10. The first-order chi connectivity index (χ1) is 8.54. The Bertz CT molecular complexity index is 431. The van der Waals surface area contributed by atoms with Crippen LogP contribution in [-0.2, 0) is 16.0 Å². The number of esters is 1. The van der Waals surface area contributed by atoms with Crippen LogP contribution in [0.4, 0.5) is 0 Å². The van der Waals surface area contributed by atoms with Gasteiger partial charge in [0.1, 0.15) is 6.04 Å². The molecule has 1 aromatic rings. The fourth-order valence-electron chi connectivity index (χ4n) is 1.62. The molecule has 0 bridgehead atoms. The van der Waals surface area contributed by atoms with Gasteiger partial charge in [0.2, 0.25) is 0 Å². The molecule has 0 aliphatic rings. The van der Waals surface area contributed by atoms with Crippen molar-refractivity contribution in [3.8, 4) is 0 Å². The van der Waals surface area contributed by atoms with E-state index in [9.17, 15) is 9.59 Å². The number of benzene rings is 1. The SMILES string of the molecule is COC(=O)c1cccc(CCC[C@H](N)C(=O)O)c1. The van der Waals surface area contributed by atoms with Crippen molar-refractivity contribution in [2.24, 2.45) is 5.73 Å². The maximum Gasteiger partial charge on any atom is 0.337 e. The van der Waals surface area contributed by atoms with Gasteiger partial charge in [-0.2, -0.15) is 0 Å². The highest BCUT2D eigenvalue weighted by Gasteiger charge is 2.11. The summed E-state index contributed by atoms with van der Waals surface area (Å²) in [7, 11) is 1.33. The molecule has 0 aliphatic carbocycles. The molecule has 0 saturated carbocycles. The van der Waals surface area contributed by atoms with Gasteiger partial charge in [-0.05, 0) is 37.0 Å². The summed E-state index contributed by atoms with van der Waals surface area (Å²) in [6.45, 7) is 0. The smallest absolute Gasteiger partial charge is 0.337 e. The van der Waals surface area contributed by atoms with Crippen LogP contribution in [0.25, 0.3) is 0 Å². The minimum absolute atomic E-state index is 0.376. The van der Waals surface area contributed by atoms with Crippen LogP contribution in [0, 0.1) is 0 Å². The molecule has 0 radical (unpaired) electrons. The van der Waals surface area contributed by atoms with Gasteiger partial charge in [-0.3, -0.25) is 4.79 Å². The lowest BCUT2D eigenvalue weighted by Gasteiger charge is -2.07. The summed E-state index contributed by atoms with van der Waals surface area (Å²) in [6, 6.07) is 6.27. The Kier molecular flexibility index (Phi) is 5.32. The van der Waals surface area contributed by atoms with Crippen molar-refractivity contribution >= 4 is 11.9 Å². The number of methoxy groups -OCH3 is 1. The Morgan fingerprint density at radius 3 is 2.78 bits per heavy atom. The number of carboxylic acid groups (broad SMARTS) is 1. The predicted octanol–water partition coefficient (Wildman–Crippen LogP) is 1.21. The summed E-state index contributed by atoms with van der Waals surface area (Å²) in [5.74, 6) is -1.36. The zero-order valence-electron chi connectivity index (χ0n) is 10.3. The van der Waals surface area contributed by atoms with Crippen LogP contribution in [0.3, 0.4) is 0 Å². The molecule has 3 N–H and O–H groups in total. The Morgan fingerprint density at radius 2 is 2.17 bits per heavy atom. The molecule has 0 aliphatic heterocycles. The van der Waals surface area contributed by atoms with Crippen molar-refractivity contribution < 1.29 is 19.4 Å². The highest BCUT2D eigenvalue weighted by molar-refractivity contribution is 5.89. The molecule has 1 rings (SSSR count). The quantitative estimate of drug-likeness (QED) is 0.742. The number of ether oxygens (including phenoxy) is 1. The minimum atomic E-state index is -0.988. The number of hydrogen-bond donors (Lipinski definition) is 2. The van der Waals surface area contributed by atoms with Crippen LogP contribution in [0.1, 0.15) is 28.8 Å². The van der Waals surface area contributed by atoms with E-state index in [1.54, 1.807) is 18.2 Å². The summed E-state index contributed by atoms with van der Waals surface area (Å²) in [5, 5.41) is 8.64. The lowest BCUT2D eigenvalue weighted by Crippen LogP contribution is -2.29. The van der Waals surface area contributed by atoms with Gasteiger partial charge in [-0.15, -0.1) is 0 Å². The van der Waals surface area contributed by atoms with Crippen LogP contribution in [0.5, 0.6) is 0 Å². The summed E-state index contributed by atoms with van der Waals surface area (Å²) in [5.41, 5.74) is 6.87. The third kappa shape index (κ3) is 4.18. The monoisotopic (exact) mass is 251 g/mol. The van der Waals surface area contributed by atoms with Crippen molar-refractivity contribution in [2.45, 2.75) is 25.3 Å². The summed E-state index contributed by atoms with van der Waals surface area (Å²) < 4.78 is 4.63. The molecule has 0 amide bonds. The highest BCUT2D eigenvalue weighted by atomic mass is 16.5. The van der Waals surface area contributed by atoms with Crippen molar-refractivity contribution in [1.29, 1.82) is 0 Å². The average Bonchev–Trinajstić information content (AvgIpc) is 2.37. The van der Waals surface area contributed by atoms with E-state index < -0.39 is 12.0 Å². The largest absolute Gasteiger partial charge is 0.480 e. The third-order valence-electron chi connectivity index (χ3n) is 2.65. The number of aryl methyl sites for hydroxylation is 1. The number of carboxylic acids is 1. The van der Waals surface area contributed by atoms with E-state index in [0.29, 0.717) is 24.8 Å². The molecule has 0 unspecified atom stereocenters. The second-order valence-electron chi connectivity index (χ2n) is 4.03. The van der Waals surface area contributed by atoms with Crippen LogP contribution >= 0.6 is 0 Å². The third-order valence-corrected chi connectivity index (χ3v) is 2.65. The Balaban J connectivity index is 2.53. The Hall–Kier alpha value is -1.88. The molecule has 5 heteroatoms. The first kappa shape index (κ1) is 14.2. The second-order valence-corrected chi connectivity index (χ2v) is 4.03. The fourth-order valence-corrected chi connectivity index (χ4v) is 1.62. The first-order valence-electron chi connectivity index (χ1n) is 5.70. The normalized spacial score (nSPS) is 11.9. The van der Waals surface area contributed by atoms with Crippen LogP contribution in [0.15, 0.2) is 24.3 Å². The molecule has 0 fully saturated rings. The minimum Gasteiger partial charge on any atom is -0.480 e. The number of carbonyl (C=O) groups is 2. The van der Waals surface area contributed by atoms with Gasteiger partial charge < -0.3 is 15.6 Å². The fraction of sp³-hybridized carbons (Fsp3) is 0.385. The molecule has 0 aromatic heterocycles. The van der Waals surface area contributed by atoms with E-state index in [-0.39, 0.29) is 5.97 Å². The summed E-state index contributed by atoms with van der Waals surface area (Å²) in [6.07, 6.45) is 1.77. The van der Waals surface area contributed by atoms with E-state index in [0.717, 1.165) is 5.56 Å². The van der Waals surface area contributed by atoms with E-state index >= 15 is 0 Å². The van der Waals surface area contributed by atoms with Crippen LogP contribution in [-0.4, -0.2) is 30.2 Å². The molecule has 1 atom stereocenters. The molecule has 1 aromatic carbocycles. The van der Waals surface area contributed by atoms with Gasteiger partial charge in [-0.25, -0.2) is 4.79 Å². The van der Waals surface area contributed by atoms with Gasteiger partial charge >= 0.3 is 11.9 Å². The van der Waals surface area contributed by atoms with Crippen molar-refractivity contribution in [3.63, 3.8) is 0 Å². The van der Waals surface area contributed by atoms with Crippen molar-refractivity contribution in [2.75, 3.05) is 7.11 Å². The van der Waals surface area contributed by atoms with Gasteiger partial charge in [0.15, 0.2) is 0 Å². The van der Waals surface area contributed by atoms with E-state index in [1.165, 1.54) is 7.11 Å². The van der Waals surface area contributed by atoms with Crippen molar-refractivity contribution in [3.05, 3.63) is 35.4 Å².